The van der Waals surface area contributed by atoms with E-state index in [4.69, 9.17) is 5.73 Å². The van der Waals surface area contributed by atoms with Crippen molar-refractivity contribution < 1.29 is 0 Å². The zero-order valence-electron chi connectivity index (χ0n) is 10.6. The summed E-state index contributed by atoms with van der Waals surface area (Å²) in [5.41, 5.74) is 7.90. The van der Waals surface area contributed by atoms with E-state index in [0.717, 1.165) is 18.2 Å². The molecule has 1 fully saturated rings. The molecule has 1 aromatic heterocycles. The molecule has 4 nitrogen and oxygen atoms in total. The van der Waals surface area contributed by atoms with E-state index in [2.05, 4.69) is 20.5 Å². The van der Waals surface area contributed by atoms with Crippen LogP contribution in [0.3, 0.4) is 0 Å². The van der Waals surface area contributed by atoms with Gasteiger partial charge in [-0.25, -0.2) is 4.98 Å². The van der Waals surface area contributed by atoms with Crippen LogP contribution in [0.4, 0.5) is 11.6 Å². The van der Waals surface area contributed by atoms with Gasteiger partial charge in [-0.3, -0.25) is 0 Å². The molecule has 0 amide bonds. The molecule has 0 unspecified atom stereocenters. The first-order chi connectivity index (χ1) is 8.74. The number of nitrogen functional groups attached to an aromatic ring is 1. The number of nitrogens with two attached hydrogens (primary N) is 1. The molecule has 2 N–H and O–H groups in total. The molecule has 1 aromatic carbocycles. The molecule has 94 valence electrons. The van der Waals surface area contributed by atoms with Gasteiger partial charge in [0.25, 0.3) is 0 Å². The maximum absolute atomic E-state index is 5.84. The van der Waals surface area contributed by atoms with Gasteiger partial charge in [-0.2, -0.15) is 0 Å². The average molecular weight is 242 g/mol. The molecular formula is C14H18N4. The second kappa shape index (κ2) is 4.37. The molecule has 1 saturated carbocycles. The highest BCUT2D eigenvalue weighted by Gasteiger charge is 2.31. The molecule has 0 spiro atoms. The molecule has 0 atom stereocenters. The van der Waals surface area contributed by atoms with E-state index in [1.54, 1.807) is 0 Å². The van der Waals surface area contributed by atoms with Crippen LogP contribution in [0.1, 0.15) is 18.4 Å². The van der Waals surface area contributed by atoms with Crippen molar-refractivity contribution in [2.45, 2.75) is 25.4 Å². The predicted molar refractivity (Wildman–Crippen MR) is 73.3 cm³/mol. The highest BCUT2D eigenvalue weighted by atomic mass is 15.3. The molecule has 18 heavy (non-hydrogen) atoms. The first-order valence-electron chi connectivity index (χ1n) is 6.32. The second-order valence-electron chi connectivity index (χ2n) is 4.94. The van der Waals surface area contributed by atoms with Gasteiger partial charge in [0.2, 0.25) is 5.95 Å². The van der Waals surface area contributed by atoms with Gasteiger partial charge in [0.05, 0.1) is 0 Å². The van der Waals surface area contributed by atoms with E-state index in [1.165, 1.54) is 18.4 Å². The Morgan fingerprint density at radius 2 is 2.28 bits per heavy atom. The van der Waals surface area contributed by atoms with Crippen LogP contribution in [0.2, 0.25) is 0 Å². The molecule has 2 aromatic rings. The van der Waals surface area contributed by atoms with Crippen LogP contribution in [-0.2, 0) is 13.6 Å². The van der Waals surface area contributed by atoms with Gasteiger partial charge < -0.3 is 15.2 Å². The maximum atomic E-state index is 5.84. The van der Waals surface area contributed by atoms with E-state index in [9.17, 15) is 0 Å². The summed E-state index contributed by atoms with van der Waals surface area (Å²) in [4.78, 5) is 6.82. The van der Waals surface area contributed by atoms with Gasteiger partial charge in [0.15, 0.2) is 0 Å². The van der Waals surface area contributed by atoms with Gasteiger partial charge in [-0.1, -0.05) is 12.1 Å². The summed E-state index contributed by atoms with van der Waals surface area (Å²) in [6.07, 6.45) is 6.36. The Morgan fingerprint density at radius 3 is 2.89 bits per heavy atom. The maximum Gasteiger partial charge on any atom is 0.205 e. The Hall–Kier alpha value is -1.97. The van der Waals surface area contributed by atoms with E-state index in [1.807, 2.05) is 37.6 Å². The minimum absolute atomic E-state index is 0.632. The third-order valence-electron chi connectivity index (χ3n) is 3.34. The summed E-state index contributed by atoms with van der Waals surface area (Å²) in [5, 5.41) is 0. The van der Waals surface area contributed by atoms with Crippen LogP contribution < -0.4 is 10.6 Å². The topological polar surface area (TPSA) is 47.1 Å². The van der Waals surface area contributed by atoms with Crippen molar-refractivity contribution in [1.82, 2.24) is 9.55 Å². The number of nitrogens with zero attached hydrogens (tertiary/aromatic N) is 3. The molecule has 0 saturated heterocycles. The lowest BCUT2D eigenvalue weighted by Crippen LogP contribution is -2.27. The van der Waals surface area contributed by atoms with Crippen LogP contribution in [0.15, 0.2) is 36.7 Å². The number of anilines is 2. The van der Waals surface area contributed by atoms with Crippen molar-refractivity contribution in [1.29, 1.82) is 0 Å². The average Bonchev–Trinajstić information content (AvgIpc) is 3.09. The summed E-state index contributed by atoms with van der Waals surface area (Å²) < 4.78 is 2.07. The van der Waals surface area contributed by atoms with Crippen LogP contribution in [0.5, 0.6) is 0 Å². The van der Waals surface area contributed by atoms with Crippen LogP contribution in [-0.4, -0.2) is 15.6 Å². The lowest BCUT2D eigenvalue weighted by molar-refractivity contribution is 0.728. The van der Waals surface area contributed by atoms with Crippen molar-refractivity contribution in [2.24, 2.45) is 7.05 Å². The fraction of sp³-hybridized carbons (Fsp3) is 0.357. The Kier molecular flexibility index (Phi) is 2.70. The van der Waals surface area contributed by atoms with E-state index in [0.29, 0.717) is 6.04 Å². The monoisotopic (exact) mass is 242 g/mol. The second-order valence-corrected chi connectivity index (χ2v) is 4.94. The smallest absolute Gasteiger partial charge is 0.205 e. The SMILES string of the molecule is Cn1ccnc1N(Cc1cccc(N)c1)C1CC1. The highest BCUT2D eigenvalue weighted by Crippen LogP contribution is 2.32. The van der Waals surface area contributed by atoms with E-state index >= 15 is 0 Å². The first-order valence-corrected chi connectivity index (χ1v) is 6.32. The van der Waals surface area contributed by atoms with Crippen molar-refractivity contribution >= 4 is 11.6 Å². The minimum Gasteiger partial charge on any atom is -0.399 e. The Labute approximate surface area is 107 Å². The van der Waals surface area contributed by atoms with Crippen molar-refractivity contribution in [2.75, 3.05) is 10.6 Å². The van der Waals surface area contributed by atoms with Crippen LogP contribution in [0, 0.1) is 0 Å². The first kappa shape index (κ1) is 11.1. The zero-order valence-corrected chi connectivity index (χ0v) is 10.6. The predicted octanol–water partition coefficient (Wildman–Crippen LogP) is 2.17. The number of hydrogen-bond acceptors (Lipinski definition) is 3. The number of imidazole rings is 1. The zero-order chi connectivity index (χ0) is 12.5. The fourth-order valence-corrected chi connectivity index (χ4v) is 2.27. The number of hydrogen-bond donors (Lipinski definition) is 1. The van der Waals surface area contributed by atoms with E-state index < -0.39 is 0 Å². The molecule has 0 bridgehead atoms. The summed E-state index contributed by atoms with van der Waals surface area (Å²) in [6.45, 7) is 0.876. The summed E-state index contributed by atoms with van der Waals surface area (Å²) >= 11 is 0. The van der Waals surface area contributed by atoms with Gasteiger partial charge in [0.1, 0.15) is 0 Å². The molecule has 1 aliphatic carbocycles. The minimum atomic E-state index is 0.632. The van der Waals surface area contributed by atoms with Gasteiger partial charge in [-0.05, 0) is 30.5 Å². The largest absolute Gasteiger partial charge is 0.399 e. The third-order valence-corrected chi connectivity index (χ3v) is 3.34. The molecule has 1 heterocycles. The Morgan fingerprint density at radius 1 is 1.44 bits per heavy atom. The van der Waals surface area contributed by atoms with Crippen molar-refractivity contribution in [3.8, 4) is 0 Å². The van der Waals surface area contributed by atoms with E-state index in [-0.39, 0.29) is 0 Å². The lowest BCUT2D eigenvalue weighted by Gasteiger charge is -2.23. The molecule has 1 aliphatic rings. The molecule has 0 aliphatic heterocycles. The number of aryl methyl sites for hydroxylation is 1. The summed E-state index contributed by atoms with van der Waals surface area (Å²) in [5.74, 6) is 1.04. The number of aromatic nitrogens is 2. The van der Waals surface area contributed by atoms with Crippen molar-refractivity contribution in [3.63, 3.8) is 0 Å². The third kappa shape index (κ3) is 2.18. The lowest BCUT2D eigenvalue weighted by atomic mass is 10.2. The Bertz CT molecular complexity index is 542. The quantitative estimate of drug-likeness (QED) is 0.836. The summed E-state index contributed by atoms with van der Waals surface area (Å²) in [6, 6.07) is 8.72. The van der Waals surface area contributed by atoms with Crippen LogP contribution in [0.25, 0.3) is 0 Å². The normalized spacial score (nSPS) is 14.7. The standard InChI is InChI=1S/C14H18N4/c1-17-8-7-16-14(17)18(13-5-6-13)10-11-3-2-4-12(15)9-11/h2-4,7-9,13H,5-6,10,15H2,1H3. The highest BCUT2D eigenvalue weighted by molar-refractivity contribution is 5.43. The van der Waals surface area contributed by atoms with Gasteiger partial charge in [0, 0.05) is 37.7 Å². The van der Waals surface area contributed by atoms with Crippen LogP contribution >= 0.6 is 0 Å². The molecular weight excluding hydrogens is 224 g/mol. The molecule has 4 heteroatoms. The van der Waals surface area contributed by atoms with Gasteiger partial charge in [-0.15, -0.1) is 0 Å². The fourth-order valence-electron chi connectivity index (χ4n) is 2.27. The molecule has 3 rings (SSSR count). The number of rotatable bonds is 4. The Balaban J connectivity index is 1.85. The number of benzene rings is 1. The summed E-state index contributed by atoms with van der Waals surface area (Å²) in [7, 11) is 2.04. The van der Waals surface area contributed by atoms with Crippen molar-refractivity contribution in [3.05, 3.63) is 42.2 Å². The van der Waals surface area contributed by atoms with Gasteiger partial charge >= 0.3 is 0 Å². The molecule has 0 radical (unpaired) electrons.